The summed E-state index contributed by atoms with van der Waals surface area (Å²) in [4.78, 5) is 4.78. The quantitative estimate of drug-likeness (QED) is 0.636. The van der Waals surface area contributed by atoms with Crippen molar-refractivity contribution in [3.63, 3.8) is 0 Å². The average Bonchev–Trinajstić information content (AvgIpc) is 3.22. The first-order chi connectivity index (χ1) is 11.8. The molecule has 2 aromatic heterocycles. The number of aryl methyl sites for hydroxylation is 1. The average molecular weight is 322 g/mol. The fraction of sp³-hybridized carbons (Fsp3) is 0.400. The lowest BCUT2D eigenvalue weighted by Gasteiger charge is -2.20. The highest BCUT2D eigenvalue weighted by Gasteiger charge is 2.21. The Kier molecular flexibility index (Phi) is 5.14. The molecule has 0 spiro atoms. The molecule has 126 valence electrons. The third kappa shape index (κ3) is 3.14. The summed E-state index contributed by atoms with van der Waals surface area (Å²) in [5.41, 5.74) is 4.87. The van der Waals surface area contributed by atoms with Crippen molar-refractivity contribution in [2.75, 3.05) is 0 Å². The molecule has 2 heterocycles. The molecule has 0 saturated carbocycles. The molecular weight excluding hydrogens is 296 g/mol. The number of unbranched alkanes of at least 4 members (excludes halogenated alkanes) is 1. The zero-order valence-corrected chi connectivity index (χ0v) is 14.8. The van der Waals surface area contributed by atoms with E-state index in [1.54, 1.807) is 0 Å². The molecular formula is C20H26N4. The van der Waals surface area contributed by atoms with Gasteiger partial charge in [-0.05, 0) is 25.3 Å². The van der Waals surface area contributed by atoms with Gasteiger partial charge in [0, 0.05) is 24.5 Å². The lowest BCUT2D eigenvalue weighted by Crippen LogP contribution is -2.15. The molecule has 0 aliphatic carbocycles. The minimum Gasteiger partial charge on any atom is -0.325 e. The van der Waals surface area contributed by atoms with Crippen LogP contribution in [0.2, 0.25) is 0 Å². The molecule has 3 rings (SSSR count). The van der Waals surface area contributed by atoms with E-state index in [9.17, 15) is 0 Å². The zero-order chi connectivity index (χ0) is 16.9. The van der Waals surface area contributed by atoms with E-state index < -0.39 is 0 Å². The summed E-state index contributed by atoms with van der Waals surface area (Å²) < 4.78 is 4.33. The fourth-order valence-corrected chi connectivity index (χ4v) is 3.34. The van der Waals surface area contributed by atoms with Crippen LogP contribution in [0.5, 0.6) is 0 Å². The van der Waals surface area contributed by atoms with Crippen LogP contribution in [-0.4, -0.2) is 19.3 Å². The molecule has 24 heavy (non-hydrogen) atoms. The second-order valence-electron chi connectivity index (χ2n) is 6.22. The van der Waals surface area contributed by atoms with Crippen LogP contribution in [0.3, 0.4) is 0 Å². The van der Waals surface area contributed by atoms with Gasteiger partial charge in [-0.15, -0.1) is 0 Å². The number of hydrogen-bond acceptors (Lipinski definition) is 2. The smallest absolute Gasteiger partial charge is 0.0962 e. The summed E-state index contributed by atoms with van der Waals surface area (Å²) in [6.07, 6.45) is 8.31. The first-order valence-electron chi connectivity index (χ1n) is 8.85. The van der Waals surface area contributed by atoms with Crippen molar-refractivity contribution in [3.05, 3.63) is 60.3 Å². The molecule has 0 aliphatic rings. The van der Waals surface area contributed by atoms with Gasteiger partial charge in [0.05, 0.1) is 23.8 Å². The summed E-state index contributed by atoms with van der Waals surface area (Å²) in [6.45, 7) is 4.46. The van der Waals surface area contributed by atoms with E-state index in [2.05, 4.69) is 59.9 Å². The van der Waals surface area contributed by atoms with E-state index >= 15 is 0 Å². The van der Waals surface area contributed by atoms with Gasteiger partial charge in [0.1, 0.15) is 0 Å². The largest absolute Gasteiger partial charge is 0.325 e. The van der Waals surface area contributed by atoms with Crippen molar-refractivity contribution < 1.29 is 0 Å². The summed E-state index contributed by atoms with van der Waals surface area (Å²) >= 11 is 0. The van der Waals surface area contributed by atoms with Crippen LogP contribution >= 0.6 is 0 Å². The summed E-state index contributed by atoms with van der Waals surface area (Å²) in [5, 5.41) is 4.35. The first kappa shape index (κ1) is 16.5. The lowest BCUT2D eigenvalue weighted by molar-refractivity contribution is 0.501. The van der Waals surface area contributed by atoms with E-state index in [1.165, 1.54) is 29.8 Å². The molecule has 0 fully saturated rings. The number of hydrogen-bond donors (Lipinski definition) is 0. The minimum absolute atomic E-state index is 0.273. The molecule has 0 saturated heterocycles. The Bertz CT molecular complexity index is 770. The van der Waals surface area contributed by atoms with Gasteiger partial charge in [-0.1, -0.05) is 50.6 Å². The van der Waals surface area contributed by atoms with E-state index in [0.29, 0.717) is 0 Å². The van der Waals surface area contributed by atoms with E-state index in [-0.39, 0.29) is 6.04 Å². The van der Waals surface area contributed by atoms with Crippen LogP contribution in [0.25, 0.3) is 11.3 Å². The van der Waals surface area contributed by atoms with E-state index in [4.69, 9.17) is 4.98 Å². The Morgan fingerprint density at radius 1 is 1.08 bits per heavy atom. The number of imidazole rings is 1. The molecule has 0 bridgehead atoms. The second kappa shape index (κ2) is 7.47. The second-order valence-corrected chi connectivity index (χ2v) is 6.22. The van der Waals surface area contributed by atoms with Gasteiger partial charge in [-0.2, -0.15) is 5.10 Å². The maximum absolute atomic E-state index is 4.78. The summed E-state index contributed by atoms with van der Waals surface area (Å²) in [6, 6.07) is 12.9. The molecule has 0 radical (unpaired) electrons. The van der Waals surface area contributed by atoms with Gasteiger partial charge in [0.25, 0.3) is 0 Å². The number of rotatable bonds is 7. The molecule has 4 nitrogen and oxygen atoms in total. The Morgan fingerprint density at radius 3 is 2.50 bits per heavy atom. The highest BCUT2D eigenvalue weighted by molar-refractivity contribution is 5.62. The maximum Gasteiger partial charge on any atom is 0.0962 e. The highest BCUT2D eigenvalue weighted by Crippen LogP contribution is 2.30. The van der Waals surface area contributed by atoms with Gasteiger partial charge in [0.15, 0.2) is 0 Å². The number of aromatic nitrogens is 4. The molecule has 0 aliphatic heterocycles. The number of nitrogens with zero attached hydrogens (tertiary/aromatic N) is 4. The van der Waals surface area contributed by atoms with Gasteiger partial charge >= 0.3 is 0 Å². The van der Waals surface area contributed by atoms with Crippen molar-refractivity contribution in [3.8, 4) is 11.3 Å². The van der Waals surface area contributed by atoms with Crippen LogP contribution in [0.4, 0.5) is 0 Å². The van der Waals surface area contributed by atoms with Crippen molar-refractivity contribution in [1.82, 2.24) is 19.3 Å². The van der Waals surface area contributed by atoms with Crippen molar-refractivity contribution in [1.29, 1.82) is 0 Å². The van der Waals surface area contributed by atoms with Crippen LogP contribution in [0.1, 0.15) is 50.5 Å². The van der Waals surface area contributed by atoms with Crippen LogP contribution in [-0.2, 0) is 13.5 Å². The molecule has 0 N–H and O–H groups in total. The third-order valence-electron chi connectivity index (χ3n) is 4.63. The van der Waals surface area contributed by atoms with Crippen LogP contribution in [0, 0.1) is 0 Å². The molecule has 1 unspecified atom stereocenters. The number of benzene rings is 1. The third-order valence-corrected chi connectivity index (χ3v) is 4.63. The molecule has 1 aromatic carbocycles. The van der Waals surface area contributed by atoms with E-state index in [0.717, 1.165) is 18.5 Å². The monoisotopic (exact) mass is 322 g/mol. The summed E-state index contributed by atoms with van der Waals surface area (Å²) in [5.74, 6) is 0. The maximum atomic E-state index is 4.78. The van der Waals surface area contributed by atoms with Crippen LogP contribution < -0.4 is 0 Å². The zero-order valence-electron chi connectivity index (χ0n) is 14.8. The fourth-order valence-electron chi connectivity index (χ4n) is 3.34. The first-order valence-corrected chi connectivity index (χ1v) is 8.85. The topological polar surface area (TPSA) is 35.6 Å². The van der Waals surface area contributed by atoms with E-state index in [1.807, 2.05) is 24.3 Å². The molecule has 3 aromatic rings. The minimum atomic E-state index is 0.273. The normalized spacial score (nSPS) is 12.5. The SMILES string of the molecule is CCCCc1c(-c2ccccc2)ncn1C(CC)c1ccnn1C. The van der Waals surface area contributed by atoms with Crippen molar-refractivity contribution in [2.24, 2.45) is 7.05 Å². The lowest BCUT2D eigenvalue weighted by atomic mass is 10.0. The van der Waals surface area contributed by atoms with Crippen molar-refractivity contribution >= 4 is 0 Å². The molecule has 1 atom stereocenters. The van der Waals surface area contributed by atoms with Crippen molar-refractivity contribution in [2.45, 2.75) is 45.6 Å². The van der Waals surface area contributed by atoms with Gasteiger partial charge < -0.3 is 4.57 Å². The Labute approximate surface area is 144 Å². The Hall–Kier alpha value is -2.36. The highest BCUT2D eigenvalue weighted by atomic mass is 15.3. The van der Waals surface area contributed by atoms with Gasteiger partial charge in [0.2, 0.25) is 0 Å². The standard InChI is InChI=1S/C20H26N4/c1-4-6-12-19-20(16-10-8-7-9-11-16)21-15-24(19)17(5-2)18-13-14-22-23(18)3/h7-11,13-15,17H,4-6,12H2,1-3H3. The molecule has 4 heteroatoms. The molecule has 0 amide bonds. The van der Waals surface area contributed by atoms with Gasteiger partial charge in [-0.3, -0.25) is 4.68 Å². The Balaban J connectivity index is 2.07. The summed E-state index contributed by atoms with van der Waals surface area (Å²) in [7, 11) is 2.01. The Morgan fingerprint density at radius 2 is 1.88 bits per heavy atom. The predicted molar refractivity (Wildman–Crippen MR) is 97.9 cm³/mol. The van der Waals surface area contributed by atoms with Gasteiger partial charge in [-0.25, -0.2) is 4.98 Å². The predicted octanol–water partition coefficient (Wildman–Crippen LogP) is 4.63. The van der Waals surface area contributed by atoms with Crippen LogP contribution in [0.15, 0.2) is 48.9 Å².